The van der Waals surface area contributed by atoms with E-state index < -0.39 is 39.7 Å². The van der Waals surface area contributed by atoms with Gasteiger partial charge >= 0.3 is 6.18 Å². The van der Waals surface area contributed by atoms with Crippen molar-refractivity contribution in [2.75, 3.05) is 11.0 Å². The lowest BCUT2D eigenvalue weighted by Crippen LogP contribution is -2.24. The number of aromatic nitrogens is 1. The molecule has 1 aromatic heterocycles. The molecule has 0 saturated heterocycles. The molecule has 1 aromatic carbocycles. The number of carbonyl (C=O) groups excluding carboxylic acids is 1. The van der Waals surface area contributed by atoms with Crippen molar-refractivity contribution in [2.45, 2.75) is 45.3 Å². The normalized spacial score (nSPS) is 14.2. The number of amides is 1. The second-order valence-electron chi connectivity index (χ2n) is 7.66. The Bertz CT molecular complexity index is 1150. The fraction of sp³-hybridized carbons (Fsp3) is 0.364. The molecule has 11 heteroatoms. The van der Waals surface area contributed by atoms with Crippen molar-refractivity contribution in [1.82, 2.24) is 10.3 Å². The Kier molecular flexibility index (Phi) is 8.23. The number of nitrogens with zero attached hydrogens (tertiary/aromatic N) is 1. The third-order valence-corrected chi connectivity index (χ3v) is 5.48. The first-order valence-corrected chi connectivity index (χ1v) is 11.9. The van der Waals surface area contributed by atoms with Crippen LogP contribution in [0.3, 0.4) is 0 Å². The number of alkyl halides is 3. The van der Waals surface area contributed by atoms with E-state index in [1.807, 2.05) is 11.6 Å². The number of carbonyl (C=O) groups is 1. The fourth-order valence-corrected chi connectivity index (χ4v) is 3.53. The SMILES string of the molecule is CCC(C)c1nc(C(F)(F)F)ccc1/C=C/C(=O)N[C@H](C)c1ccc(NS(C)(=O)=O)c(F)c1. The summed E-state index contributed by atoms with van der Waals surface area (Å²) in [6.45, 7) is 5.18. The molecule has 0 saturated carbocycles. The van der Waals surface area contributed by atoms with Crippen LogP contribution in [0, 0.1) is 5.82 Å². The number of anilines is 1. The quantitative estimate of drug-likeness (QED) is 0.405. The molecule has 6 nitrogen and oxygen atoms in total. The third kappa shape index (κ3) is 7.55. The molecular formula is C22H25F4N3O3S. The van der Waals surface area contributed by atoms with E-state index in [0.29, 0.717) is 17.5 Å². The summed E-state index contributed by atoms with van der Waals surface area (Å²) in [5, 5.41) is 2.63. The van der Waals surface area contributed by atoms with Gasteiger partial charge in [0.2, 0.25) is 15.9 Å². The molecule has 0 radical (unpaired) electrons. The molecule has 0 spiro atoms. The zero-order valence-electron chi connectivity index (χ0n) is 18.5. The van der Waals surface area contributed by atoms with Crippen LogP contribution in [0.15, 0.2) is 36.4 Å². The minimum Gasteiger partial charge on any atom is -0.346 e. The van der Waals surface area contributed by atoms with Crippen molar-refractivity contribution >= 4 is 27.7 Å². The molecule has 0 aliphatic carbocycles. The molecule has 2 aromatic rings. The Labute approximate surface area is 190 Å². The third-order valence-electron chi connectivity index (χ3n) is 4.89. The van der Waals surface area contributed by atoms with Gasteiger partial charge in [0.15, 0.2) is 0 Å². The van der Waals surface area contributed by atoms with Gasteiger partial charge in [-0.15, -0.1) is 0 Å². The Morgan fingerprint density at radius 1 is 1.18 bits per heavy atom. The first-order chi connectivity index (χ1) is 15.2. The number of benzene rings is 1. The smallest absolute Gasteiger partial charge is 0.346 e. The van der Waals surface area contributed by atoms with Gasteiger partial charge in [0.25, 0.3) is 0 Å². The van der Waals surface area contributed by atoms with Gasteiger partial charge < -0.3 is 5.32 Å². The van der Waals surface area contributed by atoms with Crippen molar-refractivity contribution in [3.05, 3.63) is 64.7 Å². The molecular weight excluding hydrogens is 462 g/mol. The van der Waals surface area contributed by atoms with Gasteiger partial charge in [0, 0.05) is 6.08 Å². The lowest BCUT2D eigenvalue weighted by molar-refractivity contribution is -0.141. The highest BCUT2D eigenvalue weighted by Gasteiger charge is 2.33. The highest BCUT2D eigenvalue weighted by atomic mass is 32.2. The van der Waals surface area contributed by atoms with Crippen LogP contribution in [0.5, 0.6) is 0 Å². The Hall–Kier alpha value is -2.95. The summed E-state index contributed by atoms with van der Waals surface area (Å²) in [5.41, 5.74) is -0.191. The van der Waals surface area contributed by atoms with Crippen LogP contribution >= 0.6 is 0 Å². The van der Waals surface area contributed by atoms with Gasteiger partial charge in [-0.05, 0) is 54.7 Å². The minimum atomic E-state index is -4.57. The molecule has 0 aliphatic heterocycles. The van der Waals surface area contributed by atoms with E-state index in [9.17, 15) is 30.8 Å². The Morgan fingerprint density at radius 3 is 2.39 bits per heavy atom. The van der Waals surface area contributed by atoms with Crippen LogP contribution < -0.4 is 10.0 Å². The summed E-state index contributed by atoms with van der Waals surface area (Å²) in [5.74, 6) is -1.60. The average Bonchev–Trinajstić information content (AvgIpc) is 2.71. The van der Waals surface area contributed by atoms with Gasteiger partial charge in [0.1, 0.15) is 11.5 Å². The van der Waals surface area contributed by atoms with Crippen molar-refractivity contribution in [3.8, 4) is 0 Å². The molecule has 2 atom stereocenters. The van der Waals surface area contributed by atoms with Crippen molar-refractivity contribution in [1.29, 1.82) is 0 Å². The molecule has 2 N–H and O–H groups in total. The second-order valence-corrected chi connectivity index (χ2v) is 9.40. The van der Waals surface area contributed by atoms with E-state index in [0.717, 1.165) is 18.4 Å². The number of nitrogens with one attached hydrogen (secondary N) is 2. The van der Waals surface area contributed by atoms with E-state index in [-0.39, 0.29) is 17.3 Å². The summed E-state index contributed by atoms with van der Waals surface area (Å²) in [6.07, 6.45) is -0.555. The van der Waals surface area contributed by atoms with Crippen LogP contribution in [0.1, 0.15) is 61.7 Å². The maximum Gasteiger partial charge on any atom is 0.433 e. The largest absolute Gasteiger partial charge is 0.433 e. The molecule has 1 heterocycles. The molecule has 1 amide bonds. The van der Waals surface area contributed by atoms with E-state index >= 15 is 0 Å². The molecule has 0 aliphatic rings. The summed E-state index contributed by atoms with van der Waals surface area (Å²) in [6, 6.07) is 5.32. The standard InChI is InChI=1S/C22H25F4N3O3S/c1-5-13(2)21-15(7-10-19(28-21)22(24,25)26)8-11-20(30)27-14(3)16-6-9-18(17(23)12-16)29-33(4,31)32/h6-14,29H,5H2,1-4H3,(H,27,30)/b11-8+/t13?,14-/m1/s1. The Balaban J connectivity index is 2.17. The van der Waals surface area contributed by atoms with Crippen LogP contribution in [-0.2, 0) is 21.0 Å². The summed E-state index contributed by atoms with van der Waals surface area (Å²) in [4.78, 5) is 16.1. The number of hydrogen-bond donors (Lipinski definition) is 2. The van der Waals surface area contributed by atoms with Crippen LogP contribution in [-0.4, -0.2) is 25.6 Å². The first-order valence-electron chi connectivity index (χ1n) is 10.0. The highest BCUT2D eigenvalue weighted by molar-refractivity contribution is 7.92. The predicted octanol–water partition coefficient (Wildman–Crippen LogP) is 5.02. The monoisotopic (exact) mass is 487 g/mol. The molecule has 2 rings (SSSR count). The molecule has 0 fully saturated rings. The number of pyridine rings is 1. The van der Waals surface area contributed by atoms with E-state index in [1.54, 1.807) is 13.8 Å². The minimum absolute atomic E-state index is 0.216. The maximum absolute atomic E-state index is 14.2. The Morgan fingerprint density at radius 2 is 1.85 bits per heavy atom. The summed E-state index contributed by atoms with van der Waals surface area (Å²) in [7, 11) is -3.64. The van der Waals surface area contributed by atoms with Gasteiger partial charge in [-0.1, -0.05) is 26.0 Å². The number of hydrogen-bond acceptors (Lipinski definition) is 4. The first kappa shape index (κ1) is 26.3. The molecule has 180 valence electrons. The fourth-order valence-electron chi connectivity index (χ4n) is 2.97. The summed E-state index contributed by atoms with van der Waals surface area (Å²) < 4.78 is 77.8. The molecule has 0 bridgehead atoms. The average molecular weight is 488 g/mol. The summed E-state index contributed by atoms with van der Waals surface area (Å²) >= 11 is 0. The molecule has 33 heavy (non-hydrogen) atoms. The van der Waals surface area contributed by atoms with E-state index in [4.69, 9.17) is 0 Å². The topological polar surface area (TPSA) is 88.2 Å². The van der Waals surface area contributed by atoms with Gasteiger partial charge in [-0.2, -0.15) is 13.2 Å². The van der Waals surface area contributed by atoms with E-state index in [2.05, 4.69) is 10.3 Å². The lowest BCUT2D eigenvalue weighted by atomic mass is 9.98. The number of halogens is 4. The predicted molar refractivity (Wildman–Crippen MR) is 118 cm³/mol. The molecule has 1 unspecified atom stereocenters. The van der Waals surface area contributed by atoms with Crippen molar-refractivity contribution < 1.29 is 30.8 Å². The van der Waals surface area contributed by atoms with Crippen molar-refractivity contribution in [3.63, 3.8) is 0 Å². The highest BCUT2D eigenvalue weighted by Crippen LogP contribution is 2.31. The van der Waals surface area contributed by atoms with Gasteiger partial charge in [-0.25, -0.2) is 17.8 Å². The van der Waals surface area contributed by atoms with Crippen LogP contribution in [0.4, 0.5) is 23.2 Å². The van der Waals surface area contributed by atoms with Crippen molar-refractivity contribution in [2.24, 2.45) is 0 Å². The second kappa shape index (κ2) is 10.3. The lowest BCUT2D eigenvalue weighted by Gasteiger charge is -2.16. The van der Waals surface area contributed by atoms with Crippen LogP contribution in [0.25, 0.3) is 6.08 Å². The van der Waals surface area contributed by atoms with Gasteiger partial charge in [0.05, 0.1) is 23.7 Å². The van der Waals surface area contributed by atoms with E-state index in [1.165, 1.54) is 30.4 Å². The van der Waals surface area contributed by atoms with Crippen LogP contribution in [0.2, 0.25) is 0 Å². The maximum atomic E-state index is 14.2. The zero-order chi connectivity index (χ0) is 25.0. The number of sulfonamides is 1. The zero-order valence-corrected chi connectivity index (χ0v) is 19.3. The number of rotatable bonds is 8. The van der Waals surface area contributed by atoms with Gasteiger partial charge in [-0.3, -0.25) is 9.52 Å².